The normalized spacial score (nSPS) is 24.4. The second-order valence-electron chi connectivity index (χ2n) is 5.31. The molecule has 2 fully saturated rings. The third-order valence-corrected chi connectivity index (χ3v) is 5.01. The highest BCUT2D eigenvalue weighted by atomic mass is 32.1. The standard InChI is InChI=1S/C13H20N2S/c1-3-13(10-4-5-10,15-11-6-7-11)12-14-9(2)8-16-12/h8,10-11,15H,3-7H2,1-2H3. The van der Waals surface area contributed by atoms with Crippen molar-refractivity contribution < 1.29 is 0 Å². The van der Waals surface area contributed by atoms with Gasteiger partial charge >= 0.3 is 0 Å². The summed E-state index contributed by atoms with van der Waals surface area (Å²) in [4.78, 5) is 4.75. The van der Waals surface area contributed by atoms with E-state index in [1.165, 1.54) is 42.8 Å². The molecule has 0 radical (unpaired) electrons. The van der Waals surface area contributed by atoms with Crippen LogP contribution in [-0.4, -0.2) is 11.0 Å². The summed E-state index contributed by atoms with van der Waals surface area (Å²) in [5, 5.41) is 7.42. The smallest absolute Gasteiger partial charge is 0.113 e. The molecule has 88 valence electrons. The summed E-state index contributed by atoms with van der Waals surface area (Å²) < 4.78 is 0. The Morgan fingerprint density at radius 1 is 1.44 bits per heavy atom. The van der Waals surface area contributed by atoms with Crippen molar-refractivity contribution in [1.29, 1.82) is 0 Å². The van der Waals surface area contributed by atoms with Gasteiger partial charge in [-0.15, -0.1) is 11.3 Å². The molecule has 2 nitrogen and oxygen atoms in total. The summed E-state index contributed by atoms with van der Waals surface area (Å²) in [6, 6.07) is 0.768. The molecule has 0 aliphatic heterocycles. The van der Waals surface area contributed by atoms with Gasteiger partial charge < -0.3 is 5.32 Å². The number of nitrogens with zero attached hydrogens (tertiary/aromatic N) is 1. The van der Waals surface area contributed by atoms with Crippen LogP contribution in [0.15, 0.2) is 5.38 Å². The van der Waals surface area contributed by atoms with Crippen molar-refractivity contribution in [2.24, 2.45) is 5.92 Å². The van der Waals surface area contributed by atoms with Crippen LogP contribution in [-0.2, 0) is 5.54 Å². The lowest BCUT2D eigenvalue weighted by molar-refractivity contribution is 0.271. The minimum absolute atomic E-state index is 0.208. The van der Waals surface area contributed by atoms with Gasteiger partial charge in [0.25, 0.3) is 0 Å². The summed E-state index contributed by atoms with van der Waals surface area (Å²) in [6.07, 6.45) is 6.66. The number of thiazole rings is 1. The summed E-state index contributed by atoms with van der Waals surface area (Å²) in [5.41, 5.74) is 1.39. The molecular formula is C13H20N2S. The van der Waals surface area contributed by atoms with Gasteiger partial charge in [-0.2, -0.15) is 0 Å². The van der Waals surface area contributed by atoms with Crippen LogP contribution in [0.2, 0.25) is 0 Å². The zero-order valence-electron chi connectivity index (χ0n) is 10.1. The molecule has 1 aromatic heterocycles. The van der Waals surface area contributed by atoms with Crippen LogP contribution < -0.4 is 5.32 Å². The zero-order valence-corrected chi connectivity index (χ0v) is 10.9. The van der Waals surface area contributed by atoms with Gasteiger partial charge in [0.1, 0.15) is 5.01 Å². The number of hydrogen-bond acceptors (Lipinski definition) is 3. The molecule has 1 heterocycles. The Morgan fingerprint density at radius 3 is 2.62 bits per heavy atom. The van der Waals surface area contributed by atoms with Gasteiger partial charge in [-0.05, 0) is 44.9 Å². The summed E-state index contributed by atoms with van der Waals surface area (Å²) in [7, 11) is 0. The molecule has 2 aliphatic rings. The Labute approximate surface area is 101 Å². The van der Waals surface area contributed by atoms with E-state index >= 15 is 0 Å². The summed E-state index contributed by atoms with van der Waals surface area (Å²) >= 11 is 1.85. The maximum Gasteiger partial charge on any atom is 0.113 e. The molecule has 0 spiro atoms. The van der Waals surface area contributed by atoms with Crippen LogP contribution in [0.25, 0.3) is 0 Å². The minimum Gasteiger partial charge on any atom is -0.302 e. The topological polar surface area (TPSA) is 24.9 Å². The predicted molar refractivity (Wildman–Crippen MR) is 67.7 cm³/mol. The quantitative estimate of drug-likeness (QED) is 0.849. The van der Waals surface area contributed by atoms with Crippen molar-refractivity contribution in [3.8, 4) is 0 Å². The number of aryl methyl sites for hydroxylation is 1. The van der Waals surface area contributed by atoms with Crippen LogP contribution in [0.3, 0.4) is 0 Å². The minimum atomic E-state index is 0.208. The van der Waals surface area contributed by atoms with E-state index in [0.717, 1.165) is 12.0 Å². The molecule has 1 unspecified atom stereocenters. The Bertz CT molecular complexity index is 379. The van der Waals surface area contributed by atoms with E-state index in [2.05, 4.69) is 24.5 Å². The first-order valence-corrected chi connectivity index (χ1v) is 7.33. The van der Waals surface area contributed by atoms with E-state index < -0.39 is 0 Å². The van der Waals surface area contributed by atoms with Crippen LogP contribution in [0, 0.1) is 12.8 Å². The summed E-state index contributed by atoms with van der Waals surface area (Å²) in [5.74, 6) is 0.837. The molecule has 0 bridgehead atoms. The van der Waals surface area contributed by atoms with Gasteiger partial charge in [0, 0.05) is 17.1 Å². The summed E-state index contributed by atoms with van der Waals surface area (Å²) in [6.45, 7) is 4.41. The molecule has 2 saturated carbocycles. The van der Waals surface area contributed by atoms with E-state index in [1.807, 2.05) is 11.3 Å². The molecule has 2 aliphatic carbocycles. The predicted octanol–water partition coefficient (Wildman–Crippen LogP) is 3.22. The largest absolute Gasteiger partial charge is 0.302 e. The third kappa shape index (κ3) is 1.80. The van der Waals surface area contributed by atoms with Gasteiger partial charge in [-0.1, -0.05) is 6.92 Å². The molecule has 1 aromatic rings. The second kappa shape index (κ2) is 3.81. The van der Waals surface area contributed by atoms with E-state index in [9.17, 15) is 0 Å². The first-order chi connectivity index (χ1) is 7.74. The maximum absolute atomic E-state index is 4.75. The average molecular weight is 236 g/mol. The van der Waals surface area contributed by atoms with Gasteiger partial charge in [0.15, 0.2) is 0 Å². The lowest BCUT2D eigenvalue weighted by atomic mass is 9.90. The second-order valence-corrected chi connectivity index (χ2v) is 6.17. The molecule has 1 atom stereocenters. The van der Waals surface area contributed by atoms with Crippen LogP contribution in [0.4, 0.5) is 0 Å². The number of hydrogen-bond donors (Lipinski definition) is 1. The number of nitrogens with one attached hydrogen (secondary N) is 1. The number of rotatable bonds is 5. The maximum atomic E-state index is 4.75. The molecule has 0 amide bonds. The fraction of sp³-hybridized carbons (Fsp3) is 0.769. The van der Waals surface area contributed by atoms with Crippen molar-refractivity contribution in [2.75, 3.05) is 0 Å². The molecule has 0 saturated heterocycles. The zero-order chi connectivity index (χ0) is 11.2. The Hall–Kier alpha value is -0.410. The lowest BCUT2D eigenvalue weighted by Crippen LogP contribution is -2.45. The fourth-order valence-corrected chi connectivity index (χ4v) is 3.73. The molecule has 3 heteroatoms. The van der Waals surface area contributed by atoms with Crippen molar-refractivity contribution in [1.82, 2.24) is 10.3 Å². The van der Waals surface area contributed by atoms with Gasteiger partial charge in [0.05, 0.1) is 5.54 Å². The average Bonchev–Trinajstić information content (AvgIpc) is 3.16. The molecule has 1 N–H and O–H groups in total. The highest BCUT2D eigenvalue weighted by Gasteiger charge is 2.49. The molecule has 3 rings (SSSR count). The van der Waals surface area contributed by atoms with Crippen molar-refractivity contribution in [3.63, 3.8) is 0 Å². The monoisotopic (exact) mass is 236 g/mol. The number of aromatic nitrogens is 1. The molecular weight excluding hydrogens is 216 g/mol. The first kappa shape index (κ1) is 10.7. The lowest BCUT2D eigenvalue weighted by Gasteiger charge is -2.32. The van der Waals surface area contributed by atoms with Gasteiger partial charge in [-0.3, -0.25) is 0 Å². The Balaban J connectivity index is 1.91. The molecule has 16 heavy (non-hydrogen) atoms. The first-order valence-electron chi connectivity index (χ1n) is 6.45. The van der Waals surface area contributed by atoms with Crippen LogP contribution >= 0.6 is 11.3 Å². The van der Waals surface area contributed by atoms with Crippen LogP contribution in [0.5, 0.6) is 0 Å². The highest BCUT2D eigenvalue weighted by Crippen LogP contribution is 2.49. The van der Waals surface area contributed by atoms with Gasteiger partial charge in [0.2, 0.25) is 0 Å². The SMILES string of the molecule is CCC(NC1CC1)(c1nc(C)cs1)C1CC1. The van der Waals surface area contributed by atoms with Crippen molar-refractivity contribution >= 4 is 11.3 Å². The van der Waals surface area contributed by atoms with E-state index in [-0.39, 0.29) is 5.54 Å². The third-order valence-electron chi connectivity index (χ3n) is 3.87. The Morgan fingerprint density at radius 2 is 2.19 bits per heavy atom. The van der Waals surface area contributed by atoms with E-state index in [4.69, 9.17) is 4.98 Å². The Kier molecular flexibility index (Phi) is 2.55. The van der Waals surface area contributed by atoms with E-state index in [1.54, 1.807) is 0 Å². The van der Waals surface area contributed by atoms with Crippen molar-refractivity contribution in [3.05, 3.63) is 16.1 Å². The fourth-order valence-electron chi connectivity index (χ4n) is 2.62. The van der Waals surface area contributed by atoms with Crippen molar-refractivity contribution in [2.45, 2.75) is 57.5 Å². The molecule has 0 aromatic carbocycles. The van der Waals surface area contributed by atoms with Gasteiger partial charge in [-0.25, -0.2) is 4.98 Å². The van der Waals surface area contributed by atoms with Crippen LogP contribution in [0.1, 0.15) is 49.7 Å². The van der Waals surface area contributed by atoms with E-state index in [0.29, 0.717) is 0 Å². The highest BCUT2D eigenvalue weighted by molar-refractivity contribution is 7.09.